The molecule has 1 aliphatic rings. The molecule has 2 rings (SSSR count). The van der Waals surface area contributed by atoms with Gasteiger partial charge in [0.15, 0.2) is 11.6 Å². The third-order valence-electron chi connectivity index (χ3n) is 3.27. The van der Waals surface area contributed by atoms with E-state index in [9.17, 15) is 13.2 Å². The molecule has 1 saturated carbocycles. The summed E-state index contributed by atoms with van der Waals surface area (Å²) in [6.07, 6.45) is 1.11. The molecule has 0 heterocycles. The van der Waals surface area contributed by atoms with Crippen molar-refractivity contribution in [3.63, 3.8) is 0 Å². The fourth-order valence-electron chi connectivity index (χ4n) is 2.08. The average Bonchev–Trinajstić information content (AvgIpc) is 2.97. The first-order chi connectivity index (χ1) is 7.40. The van der Waals surface area contributed by atoms with Crippen LogP contribution in [0.2, 0.25) is 5.02 Å². The lowest BCUT2D eigenvalue weighted by Gasteiger charge is -2.21. The second-order valence-electron chi connectivity index (χ2n) is 4.29. The lowest BCUT2D eigenvalue weighted by molar-refractivity contribution is 0.437. The standard InChI is InChI=1S/C11H11ClF3N/c1-5(16)11(2-3-11)8-9(14)6(12)4-7(13)10(8)15/h4-5H,2-3,16H2,1H3. The molecule has 1 unspecified atom stereocenters. The van der Waals surface area contributed by atoms with Crippen LogP contribution in [0, 0.1) is 17.5 Å². The number of nitrogens with two attached hydrogens (primary N) is 1. The van der Waals surface area contributed by atoms with E-state index >= 15 is 0 Å². The van der Waals surface area contributed by atoms with Crippen molar-refractivity contribution in [3.05, 3.63) is 34.1 Å². The van der Waals surface area contributed by atoms with E-state index in [2.05, 4.69) is 0 Å². The maximum absolute atomic E-state index is 13.7. The van der Waals surface area contributed by atoms with Crippen LogP contribution in [0.25, 0.3) is 0 Å². The van der Waals surface area contributed by atoms with Gasteiger partial charge in [0, 0.05) is 17.0 Å². The van der Waals surface area contributed by atoms with Crippen molar-refractivity contribution in [2.24, 2.45) is 5.73 Å². The summed E-state index contributed by atoms with van der Waals surface area (Å²) >= 11 is 5.51. The maximum Gasteiger partial charge on any atom is 0.165 e. The monoisotopic (exact) mass is 249 g/mol. The molecule has 1 fully saturated rings. The third kappa shape index (κ3) is 1.52. The number of benzene rings is 1. The minimum atomic E-state index is -1.17. The molecule has 0 aliphatic heterocycles. The summed E-state index contributed by atoms with van der Waals surface area (Å²) in [6.45, 7) is 1.66. The van der Waals surface area contributed by atoms with Gasteiger partial charge in [0.25, 0.3) is 0 Å². The molecule has 0 radical (unpaired) electrons. The summed E-state index contributed by atoms with van der Waals surface area (Å²) in [6, 6.07) is 0.210. The zero-order valence-electron chi connectivity index (χ0n) is 8.66. The third-order valence-corrected chi connectivity index (χ3v) is 3.55. The molecule has 1 nitrogen and oxygen atoms in total. The molecule has 16 heavy (non-hydrogen) atoms. The van der Waals surface area contributed by atoms with Crippen LogP contribution < -0.4 is 5.73 Å². The molecule has 0 aromatic heterocycles. The largest absolute Gasteiger partial charge is 0.327 e. The van der Waals surface area contributed by atoms with Crippen molar-refractivity contribution < 1.29 is 13.2 Å². The second-order valence-corrected chi connectivity index (χ2v) is 4.70. The molecular weight excluding hydrogens is 239 g/mol. The predicted octanol–water partition coefficient (Wildman–Crippen LogP) is 3.14. The van der Waals surface area contributed by atoms with E-state index in [1.807, 2.05) is 0 Å². The Kier molecular flexibility index (Phi) is 2.67. The van der Waals surface area contributed by atoms with Gasteiger partial charge < -0.3 is 5.73 Å². The maximum atomic E-state index is 13.7. The van der Waals surface area contributed by atoms with Gasteiger partial charge in [-0.2, -0.15) is 0 Å². The highest BCUT2D eigenvalue weighted by molar-refractivity contribution is 6.30. The van der Waals surface area contributed by atoms with Crippen LogP contribution in [-0.2, 0) is 5.41 Å². The van der Waals surface area contributed by atoms with Crippen molar-refractivity contribution in [2.75, 3.05) is 0 Å². The van der Waals surface area contributed by atoms with Gasteiger partial charge in [-0.3, -0.25) is 0 Å². The first-order valence-corrected chi connectivity index (χ1v) is 5.37. The van der Waals surface area contributed by atoms with E-state index in [0.29, 0.717) is 18.9 Å². The summed E-state index contributed by atoms with van der Waals surface area (Å²) in [7, 11) is 0. The van der Waals surface area contributed by atoms with E-state index in [1.165, 1.54) is 0 Å². The first kappa shape index (κ1) is 11.7. The Morgan fingerprint density at radius 3 is 2.31 bits per heavy atom. The van der Waals surface area contributed by atoms with Gasteiger partial charge in [-0.05, 0) is 25.8 Å². The van der Waals surface area contributed by atoms with Crippen LogP contribution >= 0.6 is 11.6 Å². The Morgan fingerprint density at radius 1 is 1.31 bits per heavy atom. The van der Waals surface area contributed by atoms with Crippen LogP contribution in [0.15, 0.2) is 6.07 Å². The Labute approximate surface area is 96.4 Å². The highest BCUT2D eigenvalue weighted by Crippen LogP contribution is 2.52. The molecule has 1 atom stereocenters. The van der Waals surface area contributed by atoms with Crippen LogP contribution in [0.1, 0.15) is 25.3 Å². The molecule has 0 amide bonds. The number of halogens is 4. The fourth-order valence-corrected chi connectivity index (χ4v) is 2.27. The Bertz CT molecular complexity index is 415. The van der Waals surface area contributed by atoms with E-state index in [-0.39, 0.29) is 5.56 Å². The molecule has 0 saturated heterocycles. The van der Waals surface area contributed by atoms with Gasteiger partial charge in [0.05, 0.1) is 5.02 Å². The molecule has 1 aromatic rings. The smallest absolute Gasteiger partial charge is 0.165 e. The van der Waals surface area contributed by atoms with Gasteiger partial charge >= 0.3 is 0 Å². The van der Waals surface area contributed by atoms with Gasteiger partial charge in [-0.1, -0.05) is 11.6 Å². The predicted molar refractivity (Wildman–Crippen MR) is 55.9 cm³/mol. The lowest BCUT2D eigenvalue weighted by Crippen LogP contribution is -2.33. The molecular formula is C11H11ClF3N. The Hall–Kier alpha value is -0.740. The van der Waals surface area contributed by atoms with Gasteiger partial charge in [-0.25, -0.2) is 13.2 Å². The summed E-state index contributed by atoms with van der Waals surface area (Å²) < 4.78 is 40.5. The highest BCUT2D eigenvalue weighted by Gasteiger charge is 2.51. The molecule has 1 aliphatic carbocycles. The normalized spacial score (nSPS) is 19.6. The van der Waals surface area contributed by atoms with Gasteiger partial charge in [0.1, 0.15) is 5.82 Å². The Balaban J connectivity index is 2.65. The van der Waals surface area contributed by atoms with Crippen molar-refractivity contribution in [1.82, 2.24) is 0 Å². The molecule has 88 valence electrons. The van der Waals surface area contributed by atoms with E-state index in [0.717, 1.165) is 0 Å². The van der Waals surface area contributed by atoms with Crippen molar-refractivity contribution in [3.8, 4) is 0 Å². The molecule has 2 N–H and O–H groups in total. The van der Waals surface area contributed by atoms with Crippen LogP contribution in [0.5, 0.6) is 0 Å². The number of hydrogen-bond donors (Lipinski definition) is 1. The van der Waals surface area contributed by atoms with Crippen LogP contribution in [0.3, 0.4) is 0 Å². The quantitative estimate of drug-likeness (QED) is 0.801. The van der Waals surface area contributed by atoms with E-state index < -0.39 is 33.9 Å². The molecule has 0 bridgehead atoms. The summed E-state index contributed by atoms with van der Waals surface area (Å²) in [5, 5.41) is -0.402. The van der Waals surface area contributed by atoms with E-state index in [4.69, 9.17) is 17.3 Å². The second kappa shape index (κ2) is 3.64. The van der Waals surface area contributed by atoms with Crippen LogP contribution in [-0.4, -0.2) is 6.04 Å². The van der Waals surface area contributed by atoms with Gasteiger partial charge in [0.2, 0.25) is 0 Å². The number of hydrogen-bond acceptors (Lipinski definition) is 1. The van der Waals surface area contributed by atoms with Gasteiger partial charge in [-0.15, -0.1) is 0 Å². The molecule has 0 spiro atoms. The lowest BCUT2D eigenvalue weighted by atomic mass is 9.88. The van der Waals surface area contributed by atoms with Crippen molar-refractivity contribution in [1.29, 1.82) is 0 Å². The zero-order chi connectivity index (χ0) is 12.1. The molecule has 5 heteroatoms. The fraction of sp³-hybridized carbons (Fsp3) is 0.455. The average molecular weight is 250 g/mol. The minimum Gasteiger partial charge on any atom is -0.327 e. The Morgan fingerprint density at radius 2 is 1.88 bits per heavy atom. The zero-order valence-corrected chi connectivity index (χ0v) is 9.41. The summed E-state index contributed by atoms with van der Waals surface area (Å²) in [4.78, 5) is 0. The topological polar surface area (TPSA) is 26.0 Å². The summed E-state index contributed by atoms with van der Waals surface area (Å²) in [5.74, 6) is -3.19. The van der Waals surface area contributed by atoms with E-state index in [1.54, 1.807) is 6.92 Å². The highest BCUT2D eigenvalue weighted by atomic mass is 35.5. The minimum absolute atomic E-state index is 0.299. The van der Waals surface area contributed by atoms with Crippen molar-refractivity contribution >= 4 is 11.6 Å². The molecule has 1 aromatic carbocycles. The number of rotatable bonds is 2. The first-order valence-electron chi connectivity index (χ1n) is 4.99. The van der Waals surface area contributed by atoms with Crippen molar-refractivity contribution in [2.45, 2.75) is 31.2 Å². The summed E-state index contributed by atoms with van der Waals surface area (Å²) in [5.41, 5.74) is 4.61. The van der Waals surface area contributed by atoms with Crippen LogP contribution in [0.4, 0.5) is 13.2 Å². The SMILES string of the molecule is CC(N)C1(c2c(F)c(F)cc(Cl)c2F)CC1.